The van der Waals surface area contributed by atoms with Crippen molar-refractivity contribution in [2.24, 2.45) is 0 Å². The van der Waals surface area contributed by atoms with Gasteiger partial charge in [-0.25, -0.2) is 27.8 Å². The second-order valence-corrected chi connectivity index (χ2v) is 13.2. The van der Waals surface area contributed by atoms with E-state index in [0.29, 0.717) is 32.8 Å². The van der Waals surface area contributed by atoms with Crippen LogP contribution in [0.25, 0.3) is 21.5 Å². The number of sulfone groups is 1. The van der Waals surface area contributed by atoms with Crippen LogP contribution in [0.5, 0.6) is 5.75 Å². The number of halogens is 2. The number of ether oxygens (including phenoxy) is 1. The van der Waals surface area contributed by atoms with Gasteiger partial charge in [0.25, 0.3) is 0 Å². The highest BCUT2D eigenvalue weighted by atomic mass is 35.5. The Morgan fingerprint density at radius 3 is 2.67 bits per heavy atom. The number of nitrogens with one attached hydrogen (secondary N) is 1. The minimum absolute atomic E-state index is 0.101. The normalized spacial score (nSPS) is 12.5. The predicted octanol–water partition coefficient (Wildman–Crippen LogP) is 6.45. The summed E-state index contributed by atoms with van der Waals surface area (Å²) in [6.07, 6.45) is 4.35. The van der Waals surface area contributed by atoms with Crippen LogP contribution in [0.3, 0.4) is 0 Å². The van der Waals surface area contributed by atoms with Gasteiger partial charge in [-0.2, -0.15) is 5.06 Å². The lowest BCUT2D eigenvalue weighted by Gasteiger charge is -2.23. The van der Waals surface area contributed by atoms with E-state index in [0.717, 1.165) is 21.3 Å². The van der Waals surface area contributed by atoms with Crippen molar-refractivity contribution in [2.75, 3.05) is 31.5 Å². The maximum atomic E-state index is 13.5. The Balaban J connectivity index is 1.38. The summed E-state index contributed by atoms with van der Waals surface area (Å²) < 4.78 is 43.3. The molecule has 0 fully saturated rings. The third-order valence-corrected chi connectivity index (χ3v) is 8.76. The van der Waals surface area contributed by atoms with Crippen LogP contribution in [0, 0.1) is 5.82 Å². The van der Waals surface area contributed by atoms with E-state index in [1.54, 1.807) is 37.5 Å². The molecule has 2 heterocycles. The zero-order valence-corrected chi connectivity index (χ0v) is 25.3. The molecule has 0 aliphatic heterocycles. The van der Waals surface area contributed by atoms with E-state index in [1.807, 2.05) is 24.3 Å². The number of aromatic nitrogens is 3. The maximum Gasteiger partial charge on any atom is 0.149 e. The molecule has 2 aromatic heterocycles. The van der Waals surface area contributed by atoms with Gasteiger partial charge in [-0.05, 0) is 54.1 Å². The average molecular weight is 628 g/mol. The minimum atomic E-state index is -3.27. The fraction of sp³-hybridized carbons (Fsp3) is 0.207. The van der Waals surface area contributed by atoms with Crippen molar-refractivity contribution in [3.63, 3.8) is 0 Å². The van der Waals surface area contributed by atoms with Gasteiger partial charge in [0.05, 0.1) is 29.4 Å². The lowest BCUT2D eigenvalue weighted by molar-refractivity contribution is -0.136. The number of hydroxylamine groups is 2. The highest BCUT2D eigenvalue weighted by Gasteiger charge is 2.25. The van der Waals surface area contributed by atoms with Crippen molar-refractivity contribution in [1.82, 2.24) is 20.0 Å². The first-order valence-corrected chi connectivity index (χ1v) is 15.9. The summed E-state index contributed by atoms with van der Waals surface area (Å²) in [5.74, 6) is 0.606. The Labute approximate surface area is 251 Å². The summed E-state index contributed by atoms with van der Waals surface area (Å²) in [6.45, 7) is 0.179. The molecule has 9 nitrogen and oxygen atoms in total. The molecule has 1 atom stereocenters. The molecule has 0 unspecified atom stereocenters. The molecule has 5 rings (SSSR count). The fourth-order valence-electron chi connectivity index (χ4n) is 4.26. The van der Waals surface area contributed by atoms with Gasteiger partial charge in [0, 0.05) is 41.0 Å². The van der Waals surface area contributed by atoms with E-state index in [1.165, 1.54) is 48.2 Å². The third kappa shape index (κ3) is 7.20. The molecule has 218 valence electrons. The lowest BCUT2D eigenvalue weighted by atomic mass is 10.1. The van der Waals surface area contributed by atoms with Gasteiger partial charge >= 0.3 is 0 Å². The Bertz CT molecular complexity index is 1840. The third-order valence-electron chi connectivity index (χ3n) is 6.40. The highest BCUT2D eigenvalue weighted by molar-refractivity contribution is 7.90. The first kappa shape index (κ1) is 29.8. The van der Waals surface area contributed by atoms with Gasteiger partial charge in [-0.1, -0.05) is 23.7 Å². The minimum Gasteiger partial charge on any atom is -0.487 e. The van der Waals surface area contributed by atoms with E-state index >= 15 is 0 Å². The smallest absolute Gasteiger partial charge is 0.149 e. The molecule has 0 amide bonds. The molecule has 0 saturated heterocycles. The monoisotopic (exact) mass is 627 g/mol. The van der Waals surface area contributed by atoms with Crippen LogP contribution in [0.4, 0.5) is 15.9 Å². The molecule has 0 saturated carbocycles. The molecule has 42 heavy (non-hydrogen) atoms. The second-order valence-electron chi connectivity index (χ2n) is 9.55. The van der Waals surface area contributed by atoms with E-state index in [2.05, 4.69) is 20.3 Å². The molecule has 0 aliphatic rings. The van der Waals surface area contributed by atoms with Crippen molar-refractivity contribution in [3.05, 3.63) is 94.5 Å². The zero-order chi connectivity index (χ0) is 29.9. The lowest BCUT2D eigenvalue weighted by Crippen LogP contribution is -2.28. The molecule has 0 bridgehead atoms. The van der Waals surface area contributed by atoms with E-state index < -0.39 is 15.9 Å². The van der Waals surface area contributed by atoms with Crippen molar-refractivity contribution in [3.8, 4) is 16.3 Å². The molecule has 3 aromatic carbocycles. The van der Waals surface area contributed by atoms with Crippen LogP contribution in [-0.2, 0) is 21.3 Å². The van der Waals surface area contributed by atoms with Crippen LogP contribution in [0.15, 0.2) is 73.2 Å². The zero-order valence-electron chi connectivity index (χ0n) is 22.9. The molecular weight excluding hydrogens is 601 g/mol. The molecule has 13 heteroatoms. The second kappa shape index (κ2) is 12.7. The van der Waals surface area contributed by atoms with Gasteiger partial charge in [0.15, 0.2) is 0 Å². The summed E-state index contributed by atoms with van der Waals surface area (Å²) in [7, 11) is -0.0821. The van der Waals surface area contributed by atoms with Crippen molar-refractivity contribution >= 4 is 55.2 Å². The molecular formula is C29H27ClFN5O4S2. The number of fused-ring (bicyclic) bond motifs is 1. The number of thiazole rings is 1. The van der Waals surface area contributed by atoms with Crippen LogP contribution in [-0.4, -0.2) is 54.6 Å². The summed E-state index contributed by atoms with van der Waals surface area (Å²) in [5.41, 5.74) is 2.93. The quantitative estimate of drug-likeness (QED) is 0.165. The summed E-state index contributed by atoms with van der Waals surface area (Å²) in [6, 6.07) is 16.7. The van der Waals surface area contributed by atoms with Crippen LogP contribution in [0.2, 0.25) is 5.02 Å². The SMILES string of the molecule is CON(C)[C@H](CS(C)(=O)=O)c1cnc(-c2ccc3ncnc(Nc4ccc(OCc5cccc(F)c5)c(Cl)c4)c3c2)s1. The Morgan fingerprint density at radius 2 is 1.93 bits per heavy atom. The van der Waals surface area contributed by atoms with E-state index in [-0.39, 0.29) is 18.2 Å². The Kier molecular flexibility index (Phi) is 8.99. The first-order valence-electron chi connectivity index (χ1n) is 12.7. The summed E-state index contributed by atoms with van der Waals surface area (Å²) in [5, 5.41) is 6.67. The molecule has 0 spiro atoms. The van der Waals surface area contributed by atoms with Gasteiger partial charge in [-0.15, -0.1) is 11.3 Å². The largest absolute Gasteiger partial charge is 0.487 e. The van der Waals surface area contributed by atoms with Crippen molar-refractivity contribution < 1.29 is 22.4 Å². The molecule has 1 N–H and O–H groups in total. The average Bonchev–Trinajstić information content (AvgIpc) is 3.45. The summed E-state index contributed by atoms with van der Waals surface area (Å²) in [4.78, 5) is 19.5. The number of nitrogens with zero attached hydrogens (tertiary/aromatic N) is 4. The van der Waals surface area contributed by atoms with Crippen molar-refractivity contribution in [2.45, 2.75) is 12.6 Å². The first-order chi connectivity index (χ1) is 20.1. The topological polar surface area (TPSA) is 107 Å². The van der Waals surface area contributed by atoms with Crippen LogP contribution >= 0.6 is 22.9 Å². The van der Waals surface area contributed by atoms with E-state index in [9.17, 15) is 12.8 Å². The number of hydrogen-bond acceptors (Lipinski definition) is 10. The number of benzene rings is 3. The number of rotatable bonds is 11. The maximum absolute atomic E-state index is 13.5. The Morgan fingerprint density at radius 1 is 1.10 bits per heavy atom. The van der Waals surface area contributed by atoms with E-state index in [4.69, 9.17) is 21.2 Å². The number of anilines is 2. The van der Waals surface area contributed by atoms with Crippen molar-refractivity contribution in [1.29, 1.82) is 0 Å². The highest BCUT2D eigenvalue weighted by Crippen LogP contribution is 2.35. The van der Waals surface area contributed by atoms with Gasteiger partial charge < -0.3 is 14.9 Å². The molecule has 5 aromatic rings. The molecule has 0 radical (unpaired) electrons. The standard InChI is InChI=1S/C29H27ClFN5O4S2/c1-36(39-2)25(16-42(3,37)38)27-14-32-29(41-27)19-7-9-24-22(12-19)28(34-17-33-24)35-21-8-10-26(23(30)13-21)40-15-18-5-4-6-20(31)11-18/h4-14,17,25H,15-16H2,1-3H3,(H,33,34,35)/t25-/m1/s1. The van der Waals surface area contributed by atoms with Crippen LogP contribution in [0.1, 0.15) is 16.5 Å². The Hall–Kier alpha value is -3.68. The molecule has 0 aliphatic carbocycles. The van der Waals surface area contributed by atoms with Crippen LogP contribution < -0.4 is 10.1 Å². The predicted molar refractivity (Wildman–Crippen MR) is 163 cm³/mol. The fourth-order valence-corrected chi connectivity index (χ4v) is 6.61. The van der Waals surface area contributed by atoms with Gasteiger partial charge in [0.1, 0.15) is 45.2 Å². The van der Waals surface area contributed by atoms with Gasteiger partial charge in [-0.3, -0.25) is 0 Å². The summed E-state index contributed by atoms with van der Waals surface area (Å²) >= 11 is 7.88. The van der Waals surface area contributed by atoms with Gasteiger partial charge in [0.2, 0.25) is 0 Å². The number of hydrogen-bond donors (Lipinski definition) is 1.